The van der Waals surface area contributed by atoms with E-state index < -0.39 is 0 Å². The molecule has 0 unspecified atom stereocenters. The first-order valence-electron chi connectivity index (χ1n) is 7.32. The summed E-state index contributed by atoms with van der Waals surface area (Å²) in [6.07, 6.45) is 10.2. The minimum Gasteiger partial charge on any atom is -0.505 e. The molecule has 0 saturated heterocycles. The van der Waals surface area contributed by atoms with Gasteiger partial charge in [-0.1, -0.05) is 37.3 Å². The van der Waals surface area contributed by atoms with Gasteiger partial charge in [0.1, 0.15) is 5.75 Å². The summed E-state index contributed by atoms with van der Waals surface area (Å²) in [4.78, 5) is 8.53. The van der Waals surface area contributed by atoms with Gasteiger partial charge in [0.05, 0.1) is 0 Å². The van der Waals surface area contributed by atoms with Crippen molar-refractivity contribution in [2.24, 2.45) is 0 Å². The summed E-state index contributed by atoms with van der Waals surface area (Å²) < 4.78 is 5.27. The van der Waals surface area contributed by atoms with Crippen LogP contribution in [-0.4, -0.2) is 20.2 Å². The third kappa shape index (κ3) is 2.81. The van der Waals surface area contributed by atoms with E-state index in [4.69, 9.17) is 4.52 Å². The number of aromatic hydroxyl groups is 1. The first-order chi connectivity index (χ1) is 9.84. The number of aromatic nitrogens is 3. The minimum absolute atomic E-state index is 0.0698. The molecule has 2 heterocycles. The molecule has 0 bridgehead atoms. The second-order valence-corrected chi connectivity index (χ2v) is 5.37. The largest absolute Gasteiger partial charge is 0.505 e. The van der Waals surface area contributed by atoms with Gasteiger partial charge >= 0.3 is 0 Å². The number of hydrogen-bond donors (Lipinski definition) is 1. The smallest absolute Gasteiger partial charge is 0.280 e. The molecule has 0 aromatic carbocycles. The average molecular weight is 273 g/mol. The van der Waals surface area contributed by atoms with Crippen molar-refractivity contribution in [3.63, 3.8) is 0 Å². The van der Waals surface area contributed by atoms with E-state index in [-0.39, 0.29) is 5.75 Å². The summed E-state index contributed by atoms with van der Waals surface area (Å²) in [5.74, 6) is 1.51. The summed E-state index contributed by atoms with van der Waals surface area (Å²) in [6, 6.07) is 3.24. The predicted octanol–water partition coefficient (Wildman–Crippen LogP) is 3.67. The summed E-state index contributed by atoms with van der Waals surface area (Å²) in [5, 5.41) is 13.9. The van der Waals surface area contributed by atoms with Crippen molar-refractivity contribution in [2.45, 2.75) is 50.9 Å². The second-order valence-electron chi connectivity index (χ2n) is 5.37. The molecule has 0 amide bonds. The first kappa shape index (κ1) is 13.1. The number of hydrogen-bond acceptors (Lipinski definition) is 5. The highest BCUT2D eigenvalue weighted by Gasteiger charge is 2.21. The molecule has 5 heteroatoms. The maximum absolute atomic E-state index is 9.78. The van der Waals surface area contributed by atoms with Crippen molar-refractivity contribution in [1.82, 2.24) is 15.1 Å². The van der Waals surface area contributed by atoms with Crippen LogP contribution >= 0.6 is 0 Å². The Bertz CT molecular complexity index is 560. The fourth-order valence-electron chi connectivity index (χ4n) is 2.77. The van der Waals surface area contributed by atoms with Crippen molar-refractivity contribution in [3.05, 3.63) is 24.2 Å². The Morgan fingerprint density at radius 3 is 2.60 bits per heavy atom. The maximum Gasteiger partial charge on any atom is 0.280 e. The normalized spacial score (nSPS) is 17.6. The zero-order chi connectivity index (χ0) is 13.8. The molecule has 106 valence electrons. The Morgan fingerprint density at radius 2 is 1.85 bits per heavy atom. The number of rotatable bonds is 2. The highest BCUT2D eigenvalue weighted by molar-refractivity contribution is 5.55. The molecule has 2 aromatic heterocycles. The molecule has 0 aliphatic heterocycles. The minimum atomic E-state index is 0.0698. The topological polar surface area (TPSA) is 72.0 Å². The quantitative estimate of drug-likeness (QED) is 0.903. The van der Waals surface area contributed by atoms with Crippen molar-refractivity contribution in [3.8, 4) is 17.3 Å². The van der Waals surface area contributed by atoms with Crippen LogP contribution in [0.4, 0.5) is 0 Å². The van der Waals surface area contributed by atoms with Gasteiger partial charge in [-0.3, -0.25) is 0 Å². The van der Waals surface area contributed by atoms with Crippen LogP contribution in [0.25, 0.3) is 11.6 Å². The van der Waals surface area contributed by atoms with Crippen molar-refractivity contribution >= 4 is 0 Å². The molecular weight excluding hydrogens is 254 g/mol. The van der Waals surface area contributed by atoms with Crippen molar-refractivity contribution < 1.29 is 9.63 Å². The molecule has 0 atom stereocenters. The maximum atomic E-state index is 9.78. The Morgan fingerprint density at radius 1 is 1.10 bits per heavy atom. The zero-order valence-corrected chi connectivity index (χ0v) is 11.5. The molecule has 1 aliphatic rings. The van der Waals surface area contributed by atoms with Gasteiger partial charge in [0.25, 0.3) is 5.89 Å². The highest BCUT2D eigenvalue weighted by Crippen LogP contribution is 2.31. The molecular formula is C15H19N3O2. The fraction of sp³-hybridized carbons (Fsp3) is 0.533. The predicted molar refractivity (Wildman–Crippen MR) is 74.3 cm³/mol. The third-order valence-electron chi connectivity index (χ3n) is 3.90. The Kier molecular flexibility index (Phi) is 3.95. The molecule has 0 spiro atoms. The molecule has 20 heavy (non-hydrogen) atoms. The zero-order valence-electron chi connectivity index (χ0n) is 11.5. The Labute approximate surface area is 118 Å². The van der Waals surface area contributed by atoms with Gasteiger partial charge < -0.3 is 9.63 Å². The first-order valence-corrected chi connectivity index (χ1v) is 7.32. The van der Waals surface area contributed by atoms with Crippen molar-refractivity contribution in [1.29, 1.82) is 0 Å². The van der Waals surface area contributed by atoms with Crippen LogP contribution in [0.5, 0.6) is 5.75 Å². The number of pyridine rings is 1. The van der Waals surface area contributed by atoms with Gasteiger partial charge in [-0.15, -0.1) is 0 Å². The van der Waals surface area contributed by atoms with Gasteiger partial charge in [-0.05, 0) is 25.0 Å². The Hall–Kier alpha value is -1.91. The molecule has 5 nitrogen and oxygen atoms in total. The van der Waals surface area contributed by atoms with E-state index >= 15 is 0 Å². The van der Waals surface area contributed by atoms with Gasteiger partial charge in [-0.25, -0.2) is 4.98 Å². The summed E-state index contributed by atoms with van der Waals surface area (Å²) >= 11 is 0. The van der Waals surface area contributed by atoms with Crippen molar-refractivity contribution in [2.75, 3.05) is 0 Å². The second kappa shape index (κ2) is 6.03. The van der Waals surface area contributed by atoms with Crippen LogP contribution in [0.1, 0.15) is 56.7 Å². The van der Waals surface area contributed by atoms with E-state index in [0.29, 0.717) is 17.5 Å². The summed E-state index contributed by atoms with van der Waals surface area (Å²) in [7, 11) is 0. The highest BCUT2D eigenvalue weighted by atomic mass is 16.5. The molecule has 3 rings (SSSR count). The average Bonchev–Trinajstić information content (AvgIpc) is 2.88. The van der Waals surface area contributed by atoms with Crippen LogP contribution in [0.3, 0.4) is 0 Å². The van der Waals surface area contributed by atoms with Gasteiger partial charge in [0.2, 0.25) is 0 Å². The fourth-order valence-corrected chi connectivity index (χ4v) is 2.77. The summed E-state index contributed by atoms with van der Waals surface area (Å²) in [6.45, 7) is 0. The van der Waals surface area contributed by atoms with Crippen LogP contribution < -0.4 is 0 Å². The van der Waals surface area contributed by atoms with E-state index in [1.165, 1.54) is 32.1 Å². The lowest BCUT2D eigenvalue weighted by molar-refractivity contribution is 0.390. The van der Waals surface area contributed by atoms with Gasteiger partial charge in [0, 0.05) is 12.1 Å². The molecule has 0 radical (unpaired) electrons. The molecule has 2 aromatic rings. The van der Waals surface area contributed by atoms with E-state index in [0.717, 1.165) is 18.7 Å². The van der Waals surface area contributed by atoms with Crippen LogP contribution in [0.15, 0.2) is 22.9 Å². The third-order valence-corrected chi connectivity index (χ3v) is 3.90. The lowest BCUT2D eigenvalue weighted by atomic mass is 9.91. The molecule has 1 fully saturated rings. The summed E-state index contributed by atoms with van der Waals surface area (Å²) in [5.41, 5.74) is 0.358. The van der Waals surface area contributed by atoms with E-state index in [2.05, 4.69) is 15.1 Å². The lowest BCUT2D eigenvalue weighted by Gasteiger charge is -2.15. The lowest BCUT2D eigenvalue weighted by Crippen LogP contribution is -2.04. The standard InChI is InChI=1S/C15H19N3O2/c19-12-9-6-10-16-13(12)15-17-14(18-20-15)11-7-4-2-1-3-5-8-11/h6,9-11,19H,1-5,7-8H2. The molecule has 1 aliphatic carbocycles. The van der Waals surface area contributed by atoms with E-state index in [1.54, 1.807) is 18.3 Å². The van der Waals surface area contributed by atoms with E-state index in [9.17, 15) is 5.11 Å². The SMILES string of the molecule is Oc1cccnc1-c1nc(C2CCCCCCC2)no1. The van der Waals surface area contributed by atoms with E-state index in [1.807, 2.05) is 0 Å². The van der Waals surface area contributed by atoms with Gasteiger partial charge in [0.15, 0.2) is 11.5 Å². The Balaban J connectivity index is 1.80. The molecule has 1 N–H and O–H groups in total. The van der Waals surface area contributed by atoms with Gasteiger partial charge in [-0.2, -0.15) is 4.98 Å². The molecule has 1 saturated carbocycles. The van der Waals surface area contributed by atoms with Crippen LogP contribution in [0.2, 0.25) is 0 Å². The van der Waals surface area contributed by atoms with Crippen LogP contribution in [-0.2, 0) is 0 Å². The monoisotopic (exact) mass is 273 g/mol. The van der Waals surface area contributed by atoms with Crippen LogP contribution in [0, 0.1) is 0 Å². The number of nitrogens with zero attached hydrogens (tertiary/aromatic N) is 3.